The fourth-order valence-corrected chi connectivity index (χ4v) is 1.65. The molecule has 2 heteroatoms. The van der Waals surface area contributed by atoms with E-state index in [2.05, 4.69) is 23.5 Å². The topological polar surface area (TPSA) is 35.8 Å². The van der Waals surface area contributed by atoms with Gasteiger partial charge in [0.05, 0.1) is 0 Å². The van der Waals surface area contributed by atoms with Crippen molar-refractivity contribution in [1.29, 1.82) is 0 Å². The maximum absolute atomic E-state index is 7.00. The molecule has 0 aliphatic rings. The number of benzene rings is 2. The number of nitrogens with one attached hydrogen (secondary N) is 2. The first-order chi connectivity index (χ1) is 8.38. The molecule has 17 heavy (non-hydrogen) atoms. The first-order valence-electron chi connectivity index (χ1n) is 5.65. The molecule has 84 valence electrons. The molecule has 0 aliphatic heterocycles. The molecule has 2 nitrogen and oxygen atoms in total. The van der Waals surface area contributed by atoms with Crippen molar-refractivity contribution in [2.75, 3.05) is 0 Å². The molecule has 0 aliphatic carbocycles. The standard InChI is InChI=1S/C15H14N2/c16-10-13-6-8-15(9-7-13)12-17-11-14-4-2-1-3-5-14/h1-9,17H,11-12H2/p+1. The summed E-state index contributed by atoms with van der Waals surface area (Å²) >= 11 is 0. The molecule has 0 heterocycles. The number of rotatable bonds is 4. The van der Waals surface area contributed by atoms with Crippen LogP contribution in [0.4, 0.5) is 0 Å². The molecule has 0 saturated heterocycles. The molecule has 0 saturated carbocycles. The van der Waals surface area contributed by atoms with Crippen LogP contribution in [0.3, 0.4) is 0 Å². The average Bonchev–Trinajstić information content (AvgIpc) is 2.41. The van der Waals surface area contributed by atoms with Crippen molar-refractivity contribution >= 4 is 0 Å². The van der Waals surface area contributed by atoms with E-state index in [4.69, 9.17) is 5.26 Å². The van der Waals surface area contributed by atoms with E-state index in [1.165, 1.54) is 11.1 Å². The van der Waals surface area contributed by atoms with Crippen molar-refractivity contribution in [3.8, 4) is 6.07 Å². The Kier molecular flexibility index (Phi) is 3.90. The Bertz CT molecular complexity index is 495. The summed E-state index contributed by atoms with van der Waals surface area (Å²) in [4.78, 5) is 0. The molecular formula is C15H15N2+. The SMILES string of the molecule is [NH+]#Cc1ccc(CNCc2ccccc2)cc1. The van der Waals surface area contributed by atoms with Gasteiger partial charge in [-0.3, -0.25) is 0 Å². The normalized spacial score (nSPS) is 9.82. The predicted molar refractivity (Wildman–Crippen MR) is 67.4 cm³/mol. The third-order valence-corrected chi connectivity index (χ3v) is 2.60. The molecule has 2 aromatic rings. The van der Waals surface area contributed by atoms with Crippen LogP contribution in [0.2, 0.25) is 0 Å². The van der Waals surface area contributed by atoms with Crippen molar-refractivity contribution in [3.63, 3.8) is 0 Å². The van der Waals surface area contributed by atoms with E-state index >= 15 is 0 Å². The van der Waals surface area contributed by atoms with Gasteiger partial charge in [-0.05, 0) is 23.3 Å². The molecule has 0 aromatic heterocycles. The summed E-state index contributed by atoms with van der Waals surface area (Å²) in [5, 5.41) is 10.4. The van der Waals surface area contributed by atoms with E-state index in [0.717, 1.165) is 18.7 Å². The third kappa shape index (κ3) is 3.44. The Balaban J connectivity index is 1.84. The Morgan fingerprint density at radius 1 is 0.824 bits per heavy atom. The van der Waals surface area contributed by atoms with Crippen LogP contribution in [0.25, 0.3) is 0 Å². The second-order valence-electron chi connectivity index (χ2n) is 3.91. The summed E-state index contributed by atoms with van der Waals surface area (Å²) in [6.45, 7) is 1.71. The number of hydrogen-bond donors (Lipinski definition) is 2. The largest absolute Gasteiger partial charge is 0.309 e. The molecule has 0 spiro atoms. The Morgan fingerprint density at radius 2 is 1.41 bits per heavy atom. The second-order valence-corrected chi connectivity index (χ2v) is 3.91. The van der Waals surface area contributed by atoms with Crippen molar-refractivity contribution in [2.45, 2.75) is 13.1 Å². The summed E-state index contributed by atoms with van der Waals surface area (Å²) in [6.07, 6.45) is 0. The Morgan fingerprint density at radius 3 is 2.00 bits per heavy atom. The van der Waals surface area contributed by atoms with Gasteiger partial charge in [-0.1, -0.05) is 47.7 Å². The van der Waals surface area contributed by atoms with Crippen LogP contribution in [0.5, 0.6) is 0 Å². The zero-order valence-electron chi connectivity index (χ0n) is 9.61. The van der Waals surface area contributed by atoms with Gasteiger partial charge in [0.1, 0.15) is 5.56 Å². The molecule has 0 bridgehead atoms. The van der Waals surface area contributed by atoms with Crippen LogP contribution >= 0.6 is 0 Å². The summed E-state index contributed by atoms with van der Waals surface area (Å²) < 4.78 is 0. The van der Waals surface area contributed by atoms with E-state index in [-0.39, 0.29) is 0 Å². The van der Waals surface area contributed by atoms with Gasteiger partial charge in [0, 0.05) is 13.1 Å². The summed E-state index contributed by atoms with van der Waals surface area (Å²) in [7, 11) is 0. The van der Waals surface area contributed by atoms with Crippen LogP contribution in [-0.2, 0) is 13.1 Å². The fourth-order valence-electron chi connectivity index (χ4n) is 1.65. The zero-order valence-corrected chi connectivity index (χ0v) is 9.61. The quantitative estimate of drug-likeness (QED) is 0.800. The zero-order chi connectivity index (χ0) is 11.9. The lowest BCUT2D eigenvalue weighted by Gasteiger charge is -2.04. The highest BCUT2D eigenvalue weighted by molar-refractivity contribution is 5.31. The minimum absolute atomic E-state index is 0.816. The smallest absolute Gasteiger partial charge is 0.308 e. The van der Waals surface area contributed by atoms with Crippen LogP contribution in [0, 0.1) is 6.07 Å². The van der Waals surface area contributed by atoms with Crippen molar-refractivity contribution in [3.05, 3.63) is 71.3 Å². The molecule has 2 N–H and O–H groups in total. The van der Waals surface area contributed by atoms with Gasteiger partial charge in [-0.15, -0.1) is 0 Å². The van der Waals surface area contributed by atoms with Crippen molar-refractivity contribution < 1.29 is 5.26 Å². The molecule has 2 aromatic carbocycles. The molecule has 0 fully saturated rings. The van der Waals surface area contributed by atoms with E-state index in [1.54, 1.807) is 0 Å². The molecular weight excluding hydrogens is 208 g/mol. The highest BCUT2D eigenvalue weighted by Crippen LogP contribution is 2.03. The lowest BCUT2D eigenvalue weighted by molar-refractivity contribution is -0.0909. The second kappa shape index (κ2) is 5.83. The van der Waals surface area contributed by atoms with E-state index < -0.39 is 0 Å². The number of hydrogen-bond acceptors (Lipinski definition) is 1. The third-order valence-electron chi connectivity index (χ3n) is 2.60. The highest BCUT2D eigenvalue weighted by atomic mass is 14.8. The monoisotopic (exact) mass is 223 g/mol. The van der Waals surface area contributed by atoms with Crippen LogP contribution < -0.4 is 10.6 Å². The summed E-state index contributed by atoms with van der Waals surface area (Å²) in [5.74, 6) is 0. The maximum Gasteiger partial charge on any atom is 0.308 e. The summed E-state index contributed by atoms with van der Waals surface area (Å²) in [5.41, 5.74) is 3.33. The average molecular weight is 223 g/mol. The minimum Gasteiger partial charge on any atom is -0.309 e. The van der Waals surface area contributed by atoms with Crippen molar-refractivity contribution in [1.82, 2.24) is 5.32 Å². The minimum atomic E-state index is 0.816. The van der Waals surface area contributed by atoms with Gasteiger partial charge < -0.3 is 5.32 Å². The van der Waals surface area contributed by atoms with Crippen LogP contribution in [-0.4, -0.2) is 0 Å². The highest BCUT2D eigenvalue weighted by Gasteiger charge is 1.96. The van der Waals surface area contributed by atoms with E-state index in [0.29, 0.717) is 0 Å². The van der Waals surface area contributed by atoms with Gasteiger partial charge in [0.15, 0.2) is 0 Å². The van der Waals surface area contributed by atoms with Crippen molar-refractivity contribution in [2.24, 2.45) is 0 Å². The Labute approximate surface area is 102 Å². The summed E-state index contributed by atoms with van der Waals surface area (Å²) in [6, 6.07) is 20.6. The van der Waals surface area contributed by atoms with E-state index in [1.807, 2.05) is 42.5 Å². The molecule has 0 unspecified atom stereocenters. The lowest BCUT2D eigenvalue weighted by Crippen LogP contribution is -2.17. The first kappa shape index (κ1) is 11.4. The van der Waals surface area contributed by atoms with Crippen LogP contribution in [0.15, 0.2) is 54.6 Å². The van der Waals surface area contributed by atoms with Gasteiger partial charge in [0.2, 0.25) is 0 Å². The van der Waals surface area contributed by atoms with Gasteiger partial charge >= 0.3 is 6.07 Å². The fraction of sp³-hybridized carbons (Fsp3) is 0.133. The van der Waals surface area contributed by atoms with E-state index in [9.17, 15) is 0 Å². The molecule has 0 atom stereocenters. The first-order valence-corrected chi connectivity index (χ1v) is 5.65. The molecule has 0 radical (unpaired) electrons. The predicted octanol–water partition coefficient (Wildman–Crippen LogP) is 1.10. The Hall–Kier alpha value is -2.11. The van der Waals surface area contributed by atoms with Crippen LogP contribution in [0.1, 0.15) is 16.7 Å². The maximum atomic E-state index is 7.00. The van der Waals surface area contributed by atoms with Gasteiger partial charge in [-0.2, -0.15) is 0 Å². The van der Waals surface area contributed by atoms with Gasteiger partial charge in [-0.25, -0.2) is 0 Å². The molecule has 0 amide bonds. The van der Waals surface area contributed by atoms with Gasteiger partial charge in [0.25, 0.3) is 0 Å². The molecule has 2 rings (SSSR count). The lowest BCUT2D eigenvalue weighted by atomic mass is 10.1.